The maximum absolute atomic E-state index is 9.65. The second-order valence-electron chi connectivity index (χ2n) is 10.3. The monoisotopic (exact) mass is 577 g/mol. The third kappa shape index (κ3) is 3.25. The first-order chi connectivity index (χ1) is 28.9. The van der Waals surface area contributed by atoms with E-state index < -0.39 is 125 Å². The number of hydrogen-bond acceptors (Lipinski definition) is 2. The Labute approximate surface area is 276 Å². The van der Waals surface area contributed by atoms with Gasteiger partial charge in [0.15, 0.2) is 0 Å². The van der Waals surface area contributed by atoms with Crippen LogP contribution in [0.2, 0.25) is 0 Å². The van der Waals surface area contributed by atoms with Gasteiger partial charge in [-0.05, 0) is 73.7 Å². The van der Waals surface area contributed by atoms with Crippen LogP contribution in [0.1, 0.15) is 23.3 Å². The Morgan fingerprint density at radius 3 is 1.82 bits per heavy atom. The Bertz CT molecular complexity index is 3660. The molecule has 0 aliphatic heterocycles. The fourth-order valence-electron chi connectivity index (χ4n) is 6.07. The van der Waals surface area contributed by atoms with Crippen LogP contribution in [0.3, 0.4) is 0 Å². The van der Waals surface area contributed by atoms with Gasteiger partial charge in [-0.2, -0.15) is 0 Å². The summed E-state index contributed by atoms with van der Waals surface area (Å²) in [5, 5.41) is -1.06. The molecule has 44 heavy (non-hydrogen) atoms. The van der Waals surface area contributed by atoms with Crippen LogP contribution >= 0.6 is 0 Å². The molecule has 204 valence electrons. The number of hydrogen-bond donors (Lipinski definition) is 0. The van der Waals surface area contributed by atoms with Crippen LogP contribution in [0.4, 0.5) is 0 Å². The zero-order chi connectivity index (χ0) is 43.6. The summed E-state index contributed by atoms with van der Waals surface area (Å²) in [5.74, 6) is 0. The first-order valence-electron chi connectivity index (χ1n) is 22.1. The first-order valence-corrected chi connectivity index (χ1v) is 13.6. The van der Waals surface area contributed by atoms with Crippen LogP contribution in [-0.4, -0.2) is 0 Å². The summed E-state index contributed by atoms with van der Waals surface area (Å²) in [4.78, 5) is 0. The number of rotatable bonds is 2. The van der Waals surface area contributed by atoms with E-state index in [1.54, 1.807) is 30.3 Å². The molecule has 0 saturated heterocycles. The molecule has 0 aliphatic carbocycles. The van der Waals surface area contributed by atoms with Gasteiger partial charge in [0, 0.05) is 32.7 Å². The van der Waals surface area contributed by atoms with Crippen LogP contribution < -0.4 is 0 Å². The van der Waals surface area contributed by atoms with E-state index in [4.69, 9.17) is 22.5 Å². The molecule has 0 radical (unpaired) electrons. The van der Waals surface area contributed by atoms with E-state index in [2.05, 4.69) is 0 Å². The summed E-state index contributed by atoms with van der Waals surface area (Å²) in [6, 6.07) is 1.02. The summed E-state index contributed by atoms with van der Waals surface area (Å²) < 4.78 is 165. The Morgan fingerprint density at radius 2 is 1.05 bits per heavy atom. The van der Waals surface area contributed by atoms with E-state index in [0.29, 0.717) is 16.4 Å². The fourth-order valence-corrected chi connectivity index (χ4v) is 6.07. The Hall–Kier alpha value is -5.86. The third-order valence-electron chi connectivity index (χ3n) is 7.93. The molecule has 0 atom stereocenters. The van der Waals surface area contributed by atoms with Gasteiger partial charge < -0.3 is 8.83 Å². The van der Waals surface area contributed by atoms with Gasteiger partial charge in [0.25, 0.3) is 0 Å². The second-order valence-corrected chi connectivity index (χ2v) is 10.3. The van der Waals surface area contributed by atoms with Crippen molar-refractivity contribution in [3.63, 3.8) is 0 Å². The molecule has 10 aromatic rings. The molecule has 0 fully saturated rings. The molecular weight excluding hydrogens is 536 g/mol. The van der Waals surface area contributed by atoms with Gasteiger partial charge in [-0.15, -0.1) is 0 Å². The van der Waals surface area contributed by atoms with E-state index in [0.717, 1.165) is 0 Å². The lowest BCUT2D eigenvalue weighted by Crippen LogP contribution is -1.91. The molecule has 0 bridgehead atoms. The fraction of sp³-hybridized carbons (Fsp3) is 0. The summed E-state index contributed by atoms with van der Waals surface area (Å²) in [5.41, 5.74) is -0.860. The van der Waals surface area contributed by atoms with Crippen molar-refractivity contribution >= 4 is 76.2 Å². The van der Waals surface area contributed by atoms with Crippen LogP contribution in [0, 0.1) is 0 Å². The van der Waals surface area contributed by atoms with E-state index in [1.807, 2.05) is 12.1 Å². The highest BCUT2D eigenvalue weighted by molar-refractivity contribution is 6.24. The van der Waals surface area contributed by atoms with Crippen LogP contribution in [0.5, 0.6) is 0 Å². The van der Waals surface area contributed by atoms with Crippen molar-refractivity contribution in [2.75, 3.05) is 0 Å². The van der Waals surface area contributed by atoms with Crippen molar-refractivity contribution < 1.29 is 32.1 Å². The molecular formula is C42H24O2. The number of benzene rings is 8. The van der Waals surface area contributed by atoms with Gasteiger partial charge in [-0.25, -0.2) is 0 Å². The van der Waals surface area contributed by atoms with E-state index in [9.17, 15) is 9.60 Å². The van der Waals surface area contributed by atoms with Crippen LogP contribution in [0.25, 0.3) is 98.4 Å². The Balaban J connectivity index is 1.47. The minimum Gasteiger partial charge on any atom is -0.456 e. The molecule has 0 spiro atoms. The number of fused-ring (bicyclic) bond motifs is 9. The lowest BCUT2D eigenvalue weighted by atomic mass is 9.85. The predicted octanol–water partition coefficient (Wildman–Crippen LogP) is 12.3. The normalized spacial score (nSPS) is 17.5. The van der Waals surface area contributed by atoms with Crippen molar-refractivity contribution in [2.24, 2.45) is 0 Å². The summed E-state index contributed by atoms with van der Waals surface area (Å²) in [6.07, 6.45) is 0. The molecule has 2 heterocycles. The topological polar surface area (TPSA) is 26.3 Å². The summed E-state index contributed by atoms with van der Waals surface area (Å²) in [6.45, 7) is 0. The minimum atomic E-state index is -0.754. The van der Waals surface area contributed by atoms with Crippen molar-refractivity contribution in [1.29, 1.82) is 0 Å². The van der Waals surface area contributed by atoms with Crippen molar-refractivity contribution in [2.45, 2.75) is 0 Å². The molecule has 2 aromatic heterocycles. The maximum Gasteiger partial charge on any atom is 0.143 e. The standard InChI is InChI=1S/C42H24O2/c1-2-11-26-23-39-36(22-25(26)10-1)29-21-20-27(24-38(29)43-39)40-30-13-3-5-15-32(30)41(33-16-6-4-14-31(33)40)35-18-9-17-34-28-12-7-8-19-37(28)44-42(34)35/h1-24H/i1D,2D,3D,4D,5D,6D,10D,11D,13D,14D,15D,16D,20D,21D,22D,23D,24D. The zero-order valence-corrected chi connectivity index (χ0v) is 22.4. The highest BCUT2D eigenvalue weighted by Gasteiger charge is 2.20. The summed E-state index contributed by atoms with van der Waals surface area (Å²) >= 11 is 0. The average molecular weight is 578 g/mol. The van der Waals surface area contributed by atoms with Gasteiger partial charge in [-0.3, -0.25) is 0 Å². The summed E-state index contributed by atoms with van der Waals surface area (Å²) in [7, 11) is 0. The van der Waals surface area contributed by atoms with E-state index >= 15 is 0 Å². The van der Waals surface area contributed by atoms with Crippen LogP contribution in [0.15, 0.2) is 154 Å². The molecule has 0 unspecified atom stereocenters. The Kier molecular flexibility index (Phi) is 2.56. The van der Waals surface area contributed by atoms with E-state index in [1.165, 1.54) is 0 Å². The molecule has 2 nitrogen and oxygen atoms in total. The highest BCUT2D eigenvalue weighted by Crippen LogP contribution is 2.47. The second kappa shape index (κ2) is 8.82. The molecule has 0 N–H and O–H groups in total. The highest BCUT2D eigenvalue weighted by atomic mass is 16.3. The van der Waals surface area contributed by atoms with Gasteiger partial charge in [-0.1, -0.05) is 115 Å². The Morgan fingerprint density at radius 1 is 0.409 bits per heavy atom. The largest absolute Gasteiger partial charge is 0.456 e. The zero-order valence-electron chi connectivity index (χ0n) is 39.4. The third-order valence-corrected chi connectivity index (χ3v) is 7.93. The molecule has 10 rings (SSSR count). The molecule has 2 heteroatoms. The minimum absolute atomic E-state index is 0.0318. The first kappa shape index (κ1) is 12.8. The van der Waals surface area contributed by atoms with Gasteiger partial charge in [0.05, 0.1) is 23.3 Å². The van der Waals surface area contributed by atoms with Crippen molar-refractivity contribution in [1.82, 2.24) is 0 Å². The molecule has 0 amide bonds. The van der Waals surface area contributed by atoms with Gasteiger partial charge >= 0.3 is 0 Å². The smallest absolute Gasteiger partial charge is 0.143 e. The van der Waals surface area contributed by atoms with Crippen molar-refractivity contribution in [3.05, 3.63) is 145 Å². The van der Waals surface area contributed by atoms with Gasteiger partial charge in [0.1, 0.15) is 22.3 Å². The van der Waals surface area contributed by atoms with E-state index in [-0.39, 0.29) is 59.8 Å². The van der Waals surface area contributed by atoms with Crippen LogP contribution in [-0.2, 0) is 0 Å². The van der Waals surface area contributed by atoms with Crippen molar-refractivity contribution in [3.8, 4) is 22.3 Å². The molecule has 0 saturated carbocycles. The number of para-hydroxylation sites is 2. The van der Waals surface area contributed by atoms with Gasteiger partial charge in [0.2, 0.25) is 0 Å². The predicted molar refractivity (Wildman–Crippen MR) is 184 cm³/mol. The average Bonchev–Trinajstić information content (AvgIpc) is 3.85. The molecule has 0 aliphatic rings. The lowest BCUT2D eigenvalue weighted by molar-refractivity contribution is 0.669. The quantitative estimate of drug-likeness (QED) is 0.191. The molecule has 8 aromatic carbocycles. The lowest BCUT2D eigenvalue weighted by Gasteiger charge is -2.17. The SMILES string of the molecule is [2H]c1c([2H])c([2H])c2c([2H])c3c(oc4c([2H])c(-c5c6c([2H])c([2H])c([2H])c([2H])c6c(-c6cccc7c6oc6ccccc67)c6c([2H])c([2H])c([2H])c([2H])c56)c([2H])c([2H])c43)c([2H])c2c1[2H]. The maximum atomic E-state index is 9.65. The number of furan rings is 2.